The molecule has 2 aromatic heterocycles. The quantitative estimate of drug-likeness (QED) is 0.161. The molecular weight excluding hydrogens is 813 g/mol. The molecule has 0 bridgehead atoms. The molecule has 0 saturated heterocycles. The minimum atomic E-state index is 0.824. The summed E-state index contributed by atoms with van der Waals surface area (Å²) < 4.78 is 13.7. The number of hydrogen-bond acceptors (Lipinski definition) is 2. The fraction of sp³-hybridized carbons (Fsp3) is 0.0154. The van der Waals surface area contributed by atoms with Crippen LogP contribution in [0.3, 0.4) is 0 Å². The first kappa shape index (κ1) is 38.7. The van der Waals surface area contributed by atoms with E-state index in [1.54, 1.807) is 0 Å². The van der Waals surface area contributed by atoms with E-state index in [2.05, 4.69) is 231 Å². The van der Waals surface area contributed by atoms with Crippen LogP contribution in [0, 0.1) is 6.92 Å². The average Bonchev–Trinajstić information content (AvgIpc) is 3.94. The molecule has 0 amide bonds. The predicted molar refractivity (Wildman–Crippen MR) is 283 cm³/mol. The van der Waals surface area contributed by atoms with E-state index in [1.165, 1.54) is 60.3 Å². The Kier molecular flexibility index (Phi) is 9.11. The van der Waals surface area contributed by atoms with Crippen molar-refractivity contribution in [3.63, 3.8) is 0 Å². The van der Waals surface area contributed by atoms with Crippen LogP contribution in [-0.2, 0) is 0 Å². The second-order valence-electron chi connectivity index (χ2n) is 17.6. The van der Waals surface area contributed by atoms with Crippen LogP contribution in [0.15, 0.2) is 245 Å². The van der Waals surface area contributed by atoms with E-state index in [-0.39, 0.29) is 0 Å². The van der Waals surface area contributed by atoms with Gasteiger partial charge >= 0.3 is 0 Å². The van der Waals surface area contributed by atoms with Crippen molar-refractivity contribution in [3.05, 3.63) is 242 Å². The topological polar surface area (TPSA) is 26.3 Å². The molecule has 2 heteroatoms. The average molecular weight is 855 g/mol. The Morgan fingerprint density at radius 3 is 1.39 bits per heavy atom. The second-order valence-corrected chi connectivity index (χ2v) is 17.6. The van der Waals surface area contributed by atoms with Crippen LogP contribution >= 0.6 is 0 Å². The minimum Gasteiger partial charge on any atom is -0.455 e. The Morgan fingerprint density at radius 2 is 0.701 bits per heavy atom. The molecule has 0 saturated carbocycles. The normalized spacial score (nSPS) is 11.7. The van der Waals surface area contributed by atoms with Gasteiger partial charge in [-0.3, -0.25) is 0 Å². The van der Waals surface area contributed by atoms with E-state index in [0.717, 1.165) is 77.1 Å². The third-order valence-corrected chi connectivity index (χ3v) is 13.6. The monoisotopic (exact) mass is 854 g/mol. The van der Waals surface area contributed by atoms with E-state index >= 15 is 0 Å². The molecule has 0 unspecified atom stereocenters. The molecule has 2 heterocycles. The molecule has 0 radical (unpaired) electrons. The molecular formula is C65H42O2. The van der Waals surface area contributed by atoms with Gasteiger partial charge in [0.05, 0.1) is 5.56 Å². The molecule has 0 fully saturated rings. The maximum Gasteiger partial charge on any atom is 0.147 e. The summed E-state index contributed by atoms with van der Waals surface area (Å²) in [4.78, 5) is 0. The lowest BCUT2D eigenvalue weighted by molar-refractivity contribution is 0.658. The molecule has 0 atom stereocenters. The summed E-state index contributed by atoms with van der Waals surface area (Å²) in [6.07, 6.45) is 0. The molecule has 0 spiro atoms. The first-order chi connectivity index (χ1) is 33.1. The van der Waals surface area contributed by atoms with Crippen LogP contribution in [0.25, 0.3) is 132 Å². The maximum atomic E-state index is 6.83. The highest BCUT2D eigenvalue weighted by Crippen LogP contribution is 2.49. The predicted octanol–water partition coefficient (Wildman–Crippen LogP) is 18.7. The Labute approximate surface area is 387 Å². The molecule has 0 N–H and O–H groups in total. The first-order valence-corrected chi connectivity index (χ1v) is 23.0. The summed E-state index contributed by atoms with van der Waals surface area (Å²) in [5.74, 6) is 0. The number of rotatable bonds is 5. The number of furan rings is 2. The van der Waals surface area contributed by atoms with Crippen LogP contribution in [0.5, 0.6) is 0 Å². The Balaban J connectivity index is 1.08. The van der Waals surface area contributed by atoms with Gasteiger partial charge in [0.1, 0.15) is 22.3 Å². The lowest BCUT2D eigenvalue weighted by Crippen LogP contribution is -1.92. The van der Waals surface area contributed by atoms with Crippen LogP contribution < -0.4 is 0 Å². The van der Waals surface area contributed by atoms with Crippen molar-refractivity contribution >= 4 is 76.2 Å². The smallest absolute Gasteiger partial charge is 0.147 e. The lowest BCUT2D eigenvalue weighted by Gasteiger charge is -2.19. The van der Waals surface area contributed by atoms with Crippen LogP contribution in [0.1, 0.15) is 5.56 Å². The SMILES string of the molecule is Cc1cccccc(-c2ccc(-c3c4ccccc4c(-c4ccc(-c5cccc6ccccc56)cc4)c4ccc(-c5c6oc7ccccc7c6cc6c5oc5ccccc56)cc34)cc2)ccc1. The summed E-state index contributed by atoms with van der Waals surface area (Å²) in [5, 5.41) is 11.6. The zero-order chi connectivity index (χ0) is 44.4. The molecule has 67 heavy (non-hydrogen) atoms. The highest BCUT2D eigenvalue weighted by atomic mass is 16.3. The third kappa shape index (κ3) is 6.49. The van der Waals surface area contributed by atoms with E-state index in [0.29, 0.717) is 0 Å². The van der Waals surface area contributed by atoms with Crippen molar-refractivity contribution in [2.24, 2.45) is 0 Å². The summed E-state index contributed by atoms with van der Waals surface area (Å²) >= 11 is 0. The van der Waals surface area contributed by atoms with Gasteiger partial charge in [-0.25, -0.2) is 0 Å². The third-order valence-electron chi connectivity index (χ3n) is 13.6. The van der Waals surface area contributed by atoms with Gasteiger partial charge < -0.3 is 8.83 Å². The van der Waals surface area contributed by atoms with Gasteiger partial charge in [0, 0.05) is 21.5 Å². The zero-order valence-corrected chi connectivity index (χ0v) is 36.8. The van der Waals surface area contributed by atoms with Crippen molar-refractivity contribution in [2.45, 2.75) is 6.92 Å². The van der Waals surface area contributed by atoms with Gasteiger partial charge in [-0.2, -0.15) is 0 Å². The van der Waals surface area contributed by atoms with Crippen LogP contribution in [0.4, 0.5) is 0 Å². The Bertz CT molecular complexity index is 4050. The summed E-state index contributed by atoms with van der Waals surface area (Å²) in [5.41, 5.74) is 16.0. The molecule has 13 aromatic rings. The number of aryl methyl sites for hydroxylation is 1. The maximum absolute atomic E-state index is 6.83. The largest absolute Gasteiger partial charge is 0.455 e. The van der Waals surface area contributed by atoms with Crippen molar-refractivity contribution < 1.29 is 8.83 Å². The lowest BCUT2D eigenvalue weighted by atomic mass is 9.84. The van der Waals surface area contributed by atoms with Gasteiger partial charge in [-0.15, -0.1) is 0 Å². The molecule has 0 aliphatic heterocycles. The molecule has 0 aliphatic rings. The van der Waals surface area contributed by atoms with Gasteiger partial charge in [0.2, 0.25) is 0 Å². The van der Waals surface area contributed by atoms with E-state index in [4.69, 9.17) is 8.83 Å². The highest BCUT2D eigenvalue weighted by molar-refractivity contribution is 6.25. The Morgan fingerprint density at radius 1 is 0.254 bits per heavy atom. The van der Waals surface area contributed by atoms with Crippen LogP contribution in [0.2, 0.25) is 0 Å². The first-order valence-electron chi connectivity index (χ1n) is 23.0. The molecule has 11 aromatic carbocycles. The van der Waals surface area contributed by atoms with E-state index < -0.39 is 0 Å². The Hall–Kier alpha value is -8.72. The molecule has 2 nitrogen and oxygen atoms in total. The zero-order valence-electron chi connectivity index (χ0n) is 36.8. The number of fused-ring (bicyclic) bond motifs is 9. The highest BCUT2D eigenvalue weighted by Gasteiger charge is 2.23. The summed E-state index contributed by atoms with van der Waals surface area (Å²) in [6.45, 7) is 2.12. The fourth-order valence-electron chi connectivity index (χ4n) is 10.4. The van der Waals surface area contributed by atoms with Gasteiger partial charge in [-0.05, 0) is 114 Å². The standard InChI is InChI=1S/C65H42O2/c1-41-15-3-2-4-17-42(19-13-16-41)43-29-33-47(34-30-43)62-54-25-8-7-24-53(54)61(46-35-31-45(32-36-46)50-26-14-20-44-18-5-6-21-49(44)50)55-38-37-48(39-56(55)62)63-64-57(51-22-9-11-27-59(51)66-64)40-58-52-23-10-12-28-60(52)67-65(58)63/h2-40H,1H3. The van der Waals surface area contributed by atoms with E-state index in [9.17, 15) is 0 Å². The molecule has 314 valence electrons. The fourth-order valence-corrected chi connectivity index (χ4v) is 10.4. The molecule has 0 aliphatic carbocycles. The summed E-state index contributed by atoms with van der Waals surface area (Å²) in [6, 6.07) is 85.3. The number of para-hydroxylation sites is 2. The van der Waals surface area contributed by atoms with Crippen LogP contribution in [-0.4, -0.2) is 0 Å². The van der Waals surface area contributed by atoms with Gasteiger partial charge in [0.15, 0.2) is 0 Å². The van der Waals surface area contributed by atoms with Gasteiger partial charge in [0.25, 0.3) is 0 Å². The molecule has 13 rings (SSSR count). The number of hydrogen-bond donors (Lipinski definition) is 0. The van der Waals surface area contributed by atoms with Crippen molar-refractivity contribution in [2.75, 3.05) is 0 Å². The van der Waals surface area contributed by atoms with Crippen molar-refractivity contribution in [3.8, 4) is 55.6 Å². The second kappa shape index (κ2) is 15.8. The van der Waals surface area contributed by atoms with Gasteiger partial charge in [-0.1, -0.05) is 218 Å². The number of benzene rings is 10. The van der Waals surface area contributed by atoms with Crippen molar-refractivity contribution in [1.29, 1.82) is 0 Å². The van der Waals surface area contributed by atoms with Crippen molar-refractivity contribution in [1.82, 2.24) is 0 Å². The minimum absolute atomic E-state index is 0.824. The van der Waals surface area contributed by atoms with E-state index in [1.807, 2.05) is 12.1 Å². The summed E-state index contributed by atoms with van der Waals surface area (Å²) in [7, 11) is 0.